The first-order valence-electron chi connectivity index (χ1n) is 7.27. The zero-order valence-corrected chi connectivity index (χ0v) is 11.0. The maximum absolute atomic E-state index is 3.64. The number of hydrogen-bond acceptors (Lipinski definition) is 2. The van der Waals surface area contributed by atoms with Gasteiger partial charge in [0.25, 0.3) is 0 Å². The fourth-order valence-electron chi connectivity index (χ4n) is 2.86. The normalized spacial score (nSPS) is 27.6. The highest BCUT2D eigenvalue weighted by atomic mass is 15.2. The molecule has 1 saturated carbocycles. The molecule has 1 aliphatic carbocycles. The molecule has 16 heavy (non-hydrogen) atoms. The third kappa shape index (κ3) is 3.74. The van der Waals surface area contributed by atoms with E-state index in [1.54, 1.807) is 0 Å². The van der Waals surface area contributed by atoms with E-state index in [2.05, 4.69) is 24.1 Å². The SMILES string of the molecule is CCCC(C)N(CC1CC1)CC1CCCN1. The van der Waals surface area contributed by atoms with Gasteiger partial charge in [0.2, 0.25) is 0 Å². The van der Waals surface area contributed by atoms with E-state index in [1.165, 1.54) is 58.2 Å². The second kappa shape index (κ2) is 6.02. The lowest BCUT2D eigenvalue weighted by atomic mass is 10.1. The lowest BCUT2D eigenvalue weighted by molar-refractivity contribution is 0.174. The summed E-state index contributed by atoms with van der Waals surface area (Å²) in [5.41, 5.74) is 0. The van der Waals surface area contributed by atoms with Gasteiger partial charge in [-0.1, -0.05) is 13.3 Å². The Balaban J connectivity index is 1.79. The van der Waals surface area contributed by atoms with Gasteiger partial charge >= 0.3 is 0 Å². The molecule has 2 rings (SSSR count). The Labute approximate surface area is 101 Å². The van der Waals surface area contributed by atoms with Gasteiger partial charge in [-0.05, 0) is 51.5 Å². The van der Waals surface area contributed by atoms with Crippen LogP contribution in [0.25, 0.3) is 0 Å². The first-order chi connectivity index (χ1) is 7.79. The van der Waals surface area contributed by atoms with Crippen LogP contribution in [-0.2, 0) is 0 Å². The Hall–Kier alpha value is -0.0800. The van der Waals surface area contributed by atoms with E-state index in [0.29, 0.717) is 0 Å². The van der Waals surface area contributed by atoms with Gasteiger partial charge in [0.1, 0.15) is 0 Å². The van der Waals surface area contributed by atoms with Crippen molar-refractivity contribution in [3.8, 4) is 0 Å². The summed E-state index contributed by atoms with van der Waals surface area (Å²) in [6.45, 7) is 8.61. The smallest absolute Gasteiger partial charge is 0.0195 e. The highest BCUT2D eigenvalue weighted by Gasteiger charge is 2.28. The summed E-state index contributed by atoms with van der Waals surface area (Å²) in [5.74, 6) is 1.03. The summed E-state index contributed by atoms with van der Waals surface area (Å²) in [5, 5.41) is 3.64. The minimum absolute atomic E-state index is 0.776. The van der Waals surface area contributed by atoms with E-state index in [-0.39, 0.29) is 0 Å². The molecule has 2 nitrogen and oxygen atoms in total. The molecule has 0 bridgehead atoms. The summed E-state index contributed by atoms with van der Waals surface area (Å²) in [6.07, 6.45) is 8.41. The van der Waals surface area contributed by atoms with Crippen LogP contribution in [0.15, 0.2) is 0 Å². The van der Waals surface area contributed by atoms with Crippen LogP contribution >= 0.6 is 0 Å². The van der Waals surface area contributed by atoms with Crippen LogP contribution in [0.5, 0.6) is 0 Å². The monoisotopic (exact) mass is 224 g/mol. The molecular formula is C14H28N2. The molecule has 1 saturated heterocycles. The molecule has 94 valence electrons. The van der Waals surface area contributed by atoms with E-state index in [4.69, 9.17) is 0 Å². The molecule has 2 fully saturated rings. The first kappa shape index (κ1) is 12.4. The fraction of sp³-hybridized carbons (Fsp3) is 1.00. The number of hydrogen-bond donors (Lipinski definition) is 1. The van der Waals surface area contributed by atoms with Crippen molar-refractivity contribution in [3.63, 3.8) is 0 Å². The van der Waals surface area contributed by atoms with Gasteiger partial charge in [-0.2, -0.15) is 0 Å². The van der Waals surface area contributed by atoms with Crippen LogP contribution < -0.4 is 5.32 Å². The largest absolute Gasteiger partial charge is 0.313 e. The minimum Gasteiger partial charge on any atom is -0.313 e. The lowest BCUT2D eigenvalue weighted by Gasteiger charge is -2.31. The fourth-order valence-corrected chi connectivity index (χ4v) is 2.86. The highest BCUT2D eigenvalue weighted by Crippen LogP contribution is 2.31. The molecule has 0 aromatic carbocycles. The van der Waals surface area contributed by atoms with Gasteiger partial charge in [0.15, 0.2) is 0 Å². The van der Waals surface area contributed by atoms with Gasteiger partial charge in [0, 0.05) is 25.2 Å². The topological polar surface area (TPSA) is 15.3 Å². The quantitative estimate of drug-likeness (QED) is 0.715. The van der Waals surface area contributed by atoms with E-state index >= 15 is 0 Å². The standard InChI is InChI=1S/C14H28N2/c1-3-5-12(2)16(10-13-7-8-13)11-14-6-4-9-15-14/h12-15H,3-11H2,1-2H3. The van der Waals surface area contributed by atoms with Crippen LogP contribution in [-0.4, -0.2) is 36.6 Å². The van der Waals surface area contributed by atoms with Crippen LogP contribution in [0.3, 0.4) is 0 Å². The predicted molar refractivity (Wildman–Crippen MR) is 69.7 cm³/mol. The minimum atomic E-state index is 0.776. The molecule has 1 heterocycles. The summed E-state index contributed by atoms with van der Waals surface area (Å²) in [7, 11) is 0. The molecule has 1 aliphatic heterocycles. The molecule has 2 unspecified atom stereocenters. The Morgan fingerprint density at radius 2 is 2.06 bits per heavy atom. The zero-order valence-electron chi connectivity index (χ0n) is 11.0. The molecule has 0 spiro atoms. The van der Waals surface area contributed by atoms with Crippen molar-refractivity contribution >= 4 is 0 Å². The van der Waals surface area contributed by atoms with E-state index in [1.807, 2.05) is 0 Å². The third-order valence-electron chi connectivity index (χ3n) is 4.14. The first-order valence-corrected chi connectivity index (χ1v) is 7.27. The number of rotatable bonds is 7. The maximum atomic E-state index is 3.64. The summed E-state index contributed by atoms with van der Waals surface area (Å²) in [4.78, 5) is 2.75. The van der Waals surface area contributed by atoms with Crippen molar-refractivity contribution in [2.75, 3.05) is 19.6 Å². The molecule has 1 N–H and O–H groups in total. The van der Waals surface area contributed by atoms with Crippen LogP contribution in [0.1, 0.15) is 52.4 Å². The predicted octanol–water partition coefficient (Wildman–Crippen LogP) is 2.64. The maximum Gasteiger partial charge on any atom is 0.0195 e. The van der Waals surface area contributed by atoms with Crippen molar-refractivity contribution in [1.82, 2.24) is 10.2 Å². The summed E-state index contributed by atoms with van der Waals surface area (Å²) < 4.78 is 0. The van der Waals surface area contributed by atoms with Gasteiger partial charge in [0.05, 0.1) is 0 Å². The molecule has 2 atom stereocenters. The Bertz CT molecular complexity index is 195. The Kier molecular flexibility index (Phi) is 4.66. The molecule has 2 heteroatoms. The van der Waals surface area contributed by atoms with Crippen LogP contribution in [0.4, 0.5) is 0 Å². The average molecular weight is 224 g/mol. The number of nitrogens with one attached hydrogen (secondary N) is 1. The van der Waals surface area contributed by atoms with Gasteiger partial charge in [-0.3, -0.25) is 4.90 Å². The highest BCUT2D eigenvalue weighted by molar-refractivity contribution is 4.84. The van der Waals surface area contributed by atoms with E-state index in [9.17, 15) is 0 Å². The second-order valence-corrected chi connectivity index (χ2v) is 5.83. The average Bonchev–Trinajstić information content (AvgIpc) is 2.92. The van der Waals surface area contributed by atoms with Crippen molar-refractivity contribution in [2.45, 2.75) is 64.5 Å². The van der Waals surface area contributed by atoms with Crippen molar-refractivity contribution in [1.29, 1.82) is 0 Å². The van der Waals surface area contributed by atoms with Gasteiger partial charge in [-0.25, -0.2) is 0 Å². The Morgan fingerprint density at radius 1 is 1.25 bits per heavy atom. The second-order valence-electron chi connectivity index (χ2n) is 5.83. The van der Waals surface area contributed by atoms with Crippen molar-refractivity contribution < 1.29 is 0 Å². The molecule has 0 radical (unpaired) electrons. The Morgan fingerprint density at radius 3 is 2.62 bits per heavy atom. The number of nitrogens with zero attached hydrogens (tertiary/aromatic N) is 1. The van der Waals surface area contributed by atoms with Crippen LogP contribution in [0, 0.1) is 5.92 Å². The van der Waals surface area contributed by atoms with Gasteiger partial charge < -0.3 is 5.32 Å². The molecule has 0 amide bonds. The van der Waals surface area contributed by atoms with Crippen LogP contribution in [0.2, 0.25) is 0 Å². The molecular weight excluding hydrogens is 196 g/mol. The molecule has 0 aromatic heterocycles. The van der Waals surface area contributed by atoms with E-state index < -0.39 is 0 Å². The summed E-state index contributed by atoms with van der Waals surface area (Å²) in [6, 6.07) is 1.56. The van der Waals surface area contributed by atoms with E-state index in [0.717, 1.165) is 18.0 Å². The van der Waals surface area contributed by atoms with Crippen molar-refractivity contribution in [3.05, 3.63) is 0 Å². The van der Waals surface area contributed by atoms with Crippen molar-refractivity contribution in [2.24, 2.45) is 5.92 Å². The molecule has 2 aliphatic rings. The zero-order chi connectivity index (χ0) is 11.4. The summed E-state index contributed by atoms with van der Waals surface area (Å²) >= 11 is 0. The molecule has 0 aromatic rings. The lowest BCUT2D eigenvalue weighted by Crippen LogP contribution is -2.43. The third-order valence-corrected chi connectivity index (χ3v) is 4.14. The van der Waals surface area contributed by atoms with Gasteiger partial charge in [-0.15, -0.1) is 0 Å².